The van der Waals surface area contributed by atoms with E-state index in [1.165, 1.54) is 247 Å². The minimum atomic E-state index is 0.0324. The van der Waals surface area contributed by atoms with Crippen molar-refractivity contribution < 1.29 is 0 Å². The molecule has 642 valence electrons. The Bertz CT molecular complexity index is 8820. The van der Waals surface area contributed by atoms with Crippen molar-refractivity contribution in [1.29, 1.82) is 0 Å². The normalized spacial score (nSPS) is 12.1. The molecule has 3 heteroatoms. The fraction of sp³-hybridized carbons (Fsp3) is 0.0992. The van der Waals surface area contributed by atoms with E-state index in [0.717, 1.165) is 0 Å². The summed E-state index contributed by atoms with van der Waals surface area (Å²) in [6.45, 7) is 22.9. The number of hydrogen-bond donors (Lipinski definition) is 0. The molecule has 22 aromatic carbocycles. The van der Waals surface area contributed by atoms with Gasteiger partial charge in [-0.3, -0.25) is 0 Å². The first-order chi connectivity index (χ1) is 65.3. The largest absolute Gasteiger partial charge is 0.309 e. The summed E-state index contributed by atoms with van der Waals surface area (Å²) in [7, 11) is 0. The van der Waals surface area contributed by atoms with Crippen LogP contribution in [0.5, 0.6) is 0 Å². The highest BCUT2D eigenvalue weighted by Crippen LogP contribution is 2.51. The molecule has 0 N–H and O–H groups in total. The summed E-state index contributed by atoms with van der Waals surface area (Å²) in [5, 5.41) is 25.6. The van der Waals surface area contributed by atoms with Crippen LogP contribution in [0, 0.1) is 6.92 Å². The van der Waals surface area contributed by atoms with Gasteiger partial charge in [0, 0.05) is 49.4 Å². The topological polar surface area (TPSA) is 14.8 Å². The van der Waals surface area contributed by atoms with Crippen LogP contribution in [0.2, 0.25) is 0 Å². The van der Waals surface area contributed by atoms with Crippen LogP contribution < -0.4 is 0 Å². The standard InChI is InChI=1S/C46H35N.C43H35N.C42H33N/c1-46(2,3)34-24-27-40-41(29-34)45(33-21-20-30-12-4-5-13-32(30)28-33)39-17-7-6-16-38(39)44(40)31-22-25-35(26-23-31)47-42-18-10-8-14-36(42)37-15-9-11-19-43(37)47;1-28-20-22-29(23-21-28)41-35-16-5-6-17-36(35)42(38-27-31(43(2,3)4)24-25-37(38)41)30-12-11-13-32(26-30)44-39-18-9-7-14-33(39)34-15-8-10-19-40(34)44;1-42(2,3)30-24-25-36-37(27-30)41(35-21-8-7-20-34(35)40(36)28-14-5-4-6-15-28)29-16-13-17-31(26-29)43-38-22-11-9-18-32(38)33-19-10-12-23-39(33)43/h4-29H,1-3H3;5-27H,1-4H3;4-27H,1-3H3. The van der Waals surface area contributed by atoms with Gasteiger partial charge in [0.2, 0.25) is 0 Å². The van der Waals surface area contributed by atoms with Gasteiger partial charge in [0.1, 0.15) is 0 Å². The third-order valence-electron chi connectivity index (χ3n) is 28.1. The Labute approximate surface area is 783 Å². The minimum Gasteiger partial charge on any atom is -0.309 e. The summed E-state index contributed by atoms with van der Waals surface area (Å²) in [6, 6.07) is 164. The van der Waals surface area contributed by atoms with E-state index in [0.29, 0.717) is 0 Å². The zero-order valence-corrected chi connectivity index (χ0v) is 77.5. The number of aryl methyl sites for hydroxylation is 1. The van der Waals surface area contributed by atoms with Crippen LogP contribution in [0.4, 0.5) is 0 Å². The molecule has 0 saturated carbocycles. The molecule has 3 aromatic heterocycles. The molecule has 0 unspecified atom stereocenters. The Morgan fingerprint density at radius 1 is 0.149 bits per heavy atom. The summed E-state index contributed by atoms with van der Waals surface area (Å²) in [5.74, 6) is 0. The second-order valence-corrected chi connectivity index (χ2v) is 39.5. The van der Waals surface area contributed by atoms with Crippen LogP contribution in [0.1, 0.15) is 84.6 Å². The first-order valence-corrected chi connectivity index (χ1v) is 47.2. The minimum absolute atomic E-state index is 0.0324. The lowest BCUT2D eigenvalue weighted by atomic mass is 9.81. The highest BCUT2D eigenvalue weighted by atomic mass is 15.0. The lowest BCUT2D eigenvalue weighted by Gasteiger charge is -2.23. The van der Waals surface area contributed by atoms with E-state index in [1.807, 2.05) is 0 Å². The number of rotatable bonds is 9. The van der Waals surface area contributed by atoms with Crippen molar-refractivity contribution >= 4 is 141 Å². The van der Waals surface area contributed by atoms with Gasteiger partial charge in [-0.25, -0.2) is 0 Å². The molecule has 0 aliphatic rings. The maximum Gasteiger partial charge on any atom is 0.0541 e. The molecule has 0 amide bonds. The van der Waals surface area contributed by atoms with Crippen molar-refractivity contribution in [1.82, 2.24) is 13.7 Å². The molecule has 0 saturated heterocycles. The highest BCUT2D eigenvalue weighted by Gasteiger charge is 2.27. The Kier molecular flexibility index (Phi) is 20.2. The van der Waals surface area contributed by atoms with Gasteiger partial charge >= 0.3 is 0 Å². The van der Waals surface area contributed by atoms with Crippen LogP contribution in [0.25, 0.3) is 225 Å². The number of aromatic nitrogens is 3. The third kappa shape index (κ3) is 14.3. The van der Waals surface area contributed by atoms with Crippen molar-refractivity contribution in [2.45, 2.75) is 85.5 Å². The molecule has 25 aromatic rings. The summed E-state index contributed by atoms with van der Waals surface area (Å²) in [6.07, 6.45) is 0. The Balaban J connectivity index is 0.000000114. The van der Waals surface area contributed by atoms with Gasteiger partial charge in [-0.15, -0.1) is 0 Å². The Hall–Kier alpha value is -15.9. The number of benzene rings is 22. The predicted molar refractivity (Wildman–Crippen MR) is 578 cm³/mol. The first-order valence-electron chi connectivity index (χ1n) is 47.2. The summed E-state index contributed by atoms with van der Waals surface area (Å²) in [4.78, 5) is 0. The summed E-state index contributed by atoms with van der Waals surface area (Å²) < 4.78 is 7.22. The van der Waals surface area contributed by atoms with Crippen molar-refractivity contribution in [3.63, 3.8) is 0 Å². The van der Waals surface area contributed by atoms with Gasteiger partial charge in [0.15, 0.2) is 0 Å². The summed E-state index contributed by atoms with van der Waals surface area (Å²) in [5.41, 5.74) is 31.5. The first kappa shape index (κ1) is 82.5. The molecule has 0 fully saturated rings. The Morgan fingerprint density at radius 2 is 0.388 bits per heavy atom. The zero-order chi connectivity index (χ0) is 90.8. The van der Waals surface area contributed by atoms with Crippen LogP contribution in [0.3, 0.4) is 0 Å². The molecule has 0 atom stereocenters. The average molecular weight is 1720 g/mol. The number of nitrogens with zero attached hydrogens (tertiary/aromatic N) is 3. The number of para-hydroxylation sites is 6. The summed E-state index contributed by atoms with van der Waals surface area (Å²) >= 11 is 0. The van der Waals surface area contributed by atoms with Crippen molar-refractivity contribution in [3.8, 4) is 83.8 Å². The van der Waals surface area contributed by atoms with Gasteiger partial charge < -0.3 is 13.7 Å². The van der Waals surface area contributed by atoms with E-state index in [4.69, 9.17) is 0 Å². The Morgan fingerprint density at radius 3 is 0.716 bits per heavy atom. The quantitative estimate of drug-likeness (QED) is 0.128. The molecule has 0 spiro atoms. The number of fused-ring (bicyclic) bond motifs is 16. The molecule has 0 aliphatic heterocycles. The molecule has 0 aliphatic carbocycles. The predicted octanol–water partition coefficient (Wildman–Crippen LogP) is 36.6. The fourth-order valence-electron chi connectivity index (χ4n) is 21.5. The smallest absolute Gasteiger partial charge is 0.0541 e. The number of hydrogen-bond acceptors (Lipinski definition) is 0. The van der Waals surface area contributed by atoms with E-state index in [2.05, 4.69) is 526 Å². The lowest BCUT2D eigenvalue weighted by molar-refractivity contribution is 0.591. The molecule has 0 radical (unpaired) electrons. The van der Waals surface area contributed by atoms with Gasteiger partial charge in [0.25, 0.3) is 0 Å². The molecule has 25 rings (SSSR count). The molecular weight excluding hydrogens is 1620 g/mol. The van der Waals surface area contributed by atoms with Crippen LogP contribution in [-0.4, -0.2) is 13.7 Å². The van der Waals surface area contributed by atoms with E-state index in [1.54, 1.807) is 0 Å². The van der Waals surface area contributed by atoms with Gasteiger partial charge in [-0.2, -0.15) is 0 Å². The average Bonchev–Trinajstić information content (AvgIpc) is 1.24. The second-order valence-electron chi connectivity index (χ2n) is 39.5. The van der Waals surface area contributed by atoms with Crippen LogP contribution in [-0.2, 0) is 16.2 Å². The molecule has 3 heterocycles. The van der Waals surface area contributed by atoms with E-state index < -0.39 is 0 Å². The highest BCUT2D eigenvalue weighted by molar-refractivity contribution is 6.26. The monoisotopic (exact) mass is 1720 g/mol. The van der Waals surface area contributed by atoms with E-state index >= 15 is 0 Å². The second kappa shape index (κ2) is 32.9. The van der Waals surface area contributed by atoms with E-state index in [-0.39, 0.29) is 16.2 Å². The maximum absolute atomic E-state index is 2.45. The molecular formula is C131H103N3. The van der Waals surface area contributed by atoms with Crippen LogP contribution >= 0.6 is 0 Å². The van der Waals surface area contributed by atoms with Crippen molar-refractivity contribution in [2.75, 3.05) is 0 Å². The lowest BCUT2D eigenvalue weighted by Crippen LogP contribution is -2.10. The van der Waals surface area contributed by atoms with Gasteiger partial charge in [-0.05, 0) is 279 Å². The fourth-order valence-corrected chi connectivity index (χ4v) is 21.5. The zero-order valence-electron chi connectivity index (χ0n) is 77.5. The van der Waals surface area contributed by atoms with Crippen LogP contribution in [0.15, 0.2) is 443 Å². The maximum atomic E-state index is 2.45. The molecule has 0 bridgehead atoms. The van der Waals surface area contributed by atoms with Gasteiger partial charge in [-0.1, -0.05) is 414 Å². The SMILES string of the molecule is CC(C)(C)c1ccc2c(-c3ccc(-n4c5ccccc5c5ccccc54)cc3)c3ccccc3c(-c3ccc4ccccc4c3)c2c1.CC(C)(C)c1ccc2c(-c3ccccc3)c3ccccc3c(-c3cccc(-n4c5ccccc5c5ccccc54)c3)c2c1.Cc1ccc(-c2c3ccccc3c(-c3cccc(-n4c5ccccc5c5ccccc54)c3)c3cc(C(C)(C)C)ccc23)cc1. The van der Waals surface area contributed by atoms with Crippen molar-refractivity contribution in [3.05, 3.63) is 465 Å². The van der Waals surface area contributed by atoms with Crippen molar-refractivity contribution in [2.24, 2.45) is 0 Å². The molecule has 3 nitrogen and oxygen atoms in total. The van der Waals surface area contributed by atoms with Gasteiger partial charge in [0.05, 0.1) is 33.1 Å². The van der Waals surface area contributed by atoms with E-state index in [9.17, 15) is 0 Å². The third-order valence-corrected chi connectivity index (χ3v) is 28.1. The molecule has 134 heavy (non-hydrogen) atoms.